The van der Waals surface area contributed by atoms with Crippen LogP contribution in [0.5, 0.6) is 5.75 Å². The van der Waals surface area contributed by atoms with Crippen molar-refractivity contribution >= 4 is 5.97 Å². The van der Waals surface area contributed by atoms with E-state index in [0.717, 1.165) is 12.0 Å². The van der Waals surface area contributed by atoms with E-state index in [-0.39, 0.29) is 0 Å². The summed E-state index contributed by atoms with van der Waals surface area (Å²) < 4.78 is 5.20. The van der Waals surface area contributed by atoms with Gasteiger partial charge in [0.15, 0.2) is 0 Å². The van der Waals surface area contributed by atoms with Crippen LogP contribution in [0.3, 0.4) is 0 Å². The Kier molecular flexibility index (Phi) is 6.16. The molecule has 2 heteroatoms. The van der Waals surface area contributed by atoms with E-state index in [4.69, 9.17) is 4.74 Å². The first kappa shape index (κ1) is 17.0. The summed E-state index contributed by atoms with van der Waals surface area (Å²) >= 11 is 0. The van der Waals surface area contributed by atoms with Gasteiger partial charge in [0.05, 0.1) is 0 Å². The normalized spacial score (nSPS) is 10.3. The van der Waals surface area contributed by atoms with Gasteiger partial charge >= 0.3 is 5.97 Å². The van der Waals surface area contributed by atoms with Crippen LogP contribution in [0.4, 0.5) is 0 Å². The topological polar surface area (TPSA) is 26.3 Å². The predicted octanol–water partition coefficient (Wildman–Crippen LogP) is 5.57. The smallest absolute Gasteiger partial charge is 0.338 e. The molecule has 0 aliphatic rings. The average Bonchev–Trinajstić information content (AvgIpc) is 2.56. The third kappa shape index (κ3) is 5.10. The minimum absolute atomic E-state index is 0.394. The van der Waals surface area contributed by atoms with E-state index in [0.29, 0.717) is 11.3 Å². The quantitative estimate of drug-likeness (QED) is 0.289. The molecule has 2 nitrogen and oxygen atoms in total. The van der Waals surface area contributed by atoms with Crippen LogP contribution in [0.2, 0.25) is 0 Å². The highest BCUT2D eigenvalue weighted by molar-refractivity contribution is 5.88. The standard InChI is InChI=1S/C21H24O2/c1-4-5-6-7-17-8-10-18(11-9-17)19-12-14-20(15-13-19)23-21(22)16(2)3/h8-15H,2,4-7H2,1,3H3. The summed E-state index contributed by atoms with van der Waals surface area (Å²) in [5.74, 6) is 0.145. The number of carbonyl (C=O) groups excluding carboxylic acids is 1. The van der Waals surface area contributed by atoms with Gasteiger partial charge in [-0.1, -0.05) is 62.7 Å². The summed E-state index contributed by atoms with van der Waals surface area (Å²) in [6, 6.07) is 16.2. The minimum atomic E-state index is -0.394. The summed E-state index contributed by atoms with van der Waals surface area (Å²) in [6.45, 7) is 7.44. The molecule has 2 aromatic rings. The average molecular weight is 308 g/mol. The lowest BCUT2D eigenvalue weighted by atomic mass is 10.0. The monoisotopic (exact) mass is 308 g/mol. The Morgan fingerprint density at radius 1 is 0.957 bits per heavy atom. The Morgan fingerprint density at radius 3 is 2.04 bits per heavy atom. The molecular weight excluding hydrogens is 284 g/mol. The second-order valence-electron chi connectivity index (χ2n) is 5.85. The molecule has 0 bridgehead atoms. The van der Waals surface area contributed by atoms with Crippen molar-refractivity contribution in [1.82, 2.24) is 0 Å². The molecule has 2 rings (SSSR count). The van der Waals surface area contributed by atoms with Crippen molar-refractivity contribution in [1.29, 1.82) is 0 Å². The van der Waals surface area contributed by atoms with Gasteiger partial charge in [-0.15, -0.1) is 0 Å². The lowest BCUT2D eigenvalue weighted by Gasteiger charge is -2.07. The van der Waals surface area contributed by atoms with Crippen LogP contribution in [0.25, 0.3) is 11.1 Å². The first-order chi connectivity index (χ1) is 11.1. The molecule has 0 unspecified atom stereocenters. The van der Waals surface area contributed by atoms with E-state index >= 15 is 0 Å². The van der Waals surface area contributed by atoms with E-state index in [2.05, 4.69) is 37.8 Å². The molecule has 0 amide bonds. The van der Waals surface area contributed by atoms with E-state index in [1.54, 1.807) is 6.92 Å². The van der Waals surface area contributed by atoms with Gasteiger partial charge in [0, 0.05) is 5.57 Å². The molecule has 0 atom stereocenters. The van der Waals surface area contributed by atoms with E-state index in [9.17, 15) is 4.79 Å². The summed E-state index contributed by atoms with van der Waals surface area (Å²) in [5.41, 5.74) is 4.06. The molecule has 0 aromatic heterocycles. The Balaban J connectivity index is 2.01. The third-order valence-corrected chi connectivity index (χ3v) is 3.77. The molecule has 0 spiro atoms. The van der Waals surface area contributed by atoms with Crippen molar-refractivity contribution in [2.24, 2.45) is 0 Å². The number of unbranched alkanes of at least 4 members (excludes halogenated alkanes) is 2. The Bertz CT molecular complexity index is 651. The SMILES string of the molecule is C=C(C)C(=O)Oc1ccc(-c2ccc(CCCCC)cc2)cc1. The molecule has 2 aromatic carbocycles. The lowest BCUT2D eigenvalue weighted by Crippen LogP contribution is -2.07. The van der Waals surface area contributed by atoms with Crippen LogP contribution in [-0.2, 0) is 11.2 Å². The van der Waals surface area contributed by atoms with Crippen molar-refractivity contribution in [3.63, 3.8) is 0 Å². The van der Waals surface area contributed by atoms with Crippen LogP contribution < -0.4 is 4.74 Å². The van der Waals surface area contributed by atoms with Gasteiger partial charge in [0.2, 0.25) is 0 Å². The summed E-state index contributed by atoms with van der Waals surface area (Å²) in [5, 5.41) is 0. The van der Waals surface area contributed by atoms with Gasteiger partial charge < -0.3 is 4.74 Å². The van der Waals surface area contributed by atoms with Crippen molar-refractivity contribution in [3.05, 3.63) is 66.2 Å². The molecule has 0 N–H and O–H groups in total. The fourth-order valence-electron chi connectivity index (χ4n) is 2.35. The second kappa shape index (κ2) is 8.33. The van der Waals surface area contributed by atoms with Crippen molar-refractivity contribution in [3.8, 4) is 16.9 Å². The lowest BCUT2D eigenvalue weighted by molar-refractivity contribution is -0.130. The number of rotatable bonds is 7. The molecule has 0 aliphatic carbocycles. The van der Waals surface area contributed by atoms with Crippen molar-refractivity contribution < 1.29 is 9.53 Å². The molecule has 0 radical (unpaired) electrons. The third-order valence-electron chi connectivity index (χ3n) is 3.77. The first-order valence-electron chi connectivity index (χ1n) is 8.17. The first-order valence-corrected chi connectivity index (χ1v) is 8.17. The number of aryl methyl sites for hydroxylation is 1. The zero-order chi connectivity index (χ0) is 16.7. The summed E-state index contributed by atoms with van der Waals surface area (Å²) in [7, 11) is 0. The minimum Gasteiger partial charge on any atom is -0.423 e. The molecule has 0 saturated heterocycles. The Hall–Kier alpha value is -2.35. The van der Waals surface area contributed by atoms with Gasteiger partial charge in [-0.25, -0.2) is 4.79 Å². The number of hydrogen-bond acceptors (Lipinski definition) is 2. The van der Waals surface area contributed by atoms with Crippen LogP contribution in [-0.4, -0.2) is 5.97 Å². The largest absolute Gasteiger partial charge is 0.423 e. The second-order valence-corrected chi connectivity index (χ2v) is 5.85. The molecule has 0 aliphatic heterocycles. The van der Waals surface area contributed by atoms with E-state index in [1.807, 2.05) is 24.3 Å². The zero-order valence-electron chi connectivity index (χ0n) is 14.0. The number of carbonyl (C=O) groups is 1. The van der Waals surface area contributed by atoms with Gasteiger partial charge in [0.25, 0.3) is 0 Å². The highest BCUT2D eigenvalue weighted by Crippen LogP contribution is 2.23. The molecular formula is C21H24O2. The highest BCUT2D eigenvalue weighted by atomic mass is 16.5. The zero-order valence-corrected chi connectivity index (χ0v) is 14.0. The fraction of sp³-hybridized carbons (Fsp3) is 0.286. The van der Waals surface area contributed by atoms with Gasteiger partial charge in [0.1, 0.15) is 5.75 Å². The predicted molar refractivity (Wildman–Crippen MR) is 95.6 cm³/mol. The van der Waals surface area contributed by atoms with Gasteiger partial charge in [-0.3, -0.25) is 0 Å². The van der Waals surface area contributed by atoms with Crippen LogP contribution in [0.1, 0.15) is 38.7 Å². The van der Waals surface area contributed by atoms with Gasteiger partial charge in [-0.05, 0) is 48.6 Å². The Morgan fingerprint density at radius 2 is 1.52 bits per heavy atom. The maximum atomic E-state index is 11.5. The maximum Gasteiger partial charge on any atom is 0.338 e. The number of esters is 1. The van der Waals surface area contributed by atoms with Crippen molar-refractivity contribution in [2.75, 3.05) is 0 Å². The molecule has 23 heavy (non-hydrogen) atoms. The van der Waals surface area contributed by atoms with Crippen LogP contribution in [0, 0.1) is 0 Å². The number of ether oxygens (including phenoxy) is 1. The Labute approximate surface area is 138 Å². The van der Waals surface area contributed by atoms with E-state index in [1.165, 1.54) is 30.4 Å². The number of hydrogen-bond donors (Lipinski definition) is 0. The summed E-state index contributed by atoms with van der Waals surface area (Å²) in [4.78, 5) is 11.5. The molecule has 0 saturated carbocycles. The van der Waals surface area contributed by atoms with E-state index < -0.39 is 5.97 Å². The van der Waals surface area contributed by atoms with Gasteiger partial charge in [-0.2, -0.15) is 0 Å². The molecule has 120 valence electrons. The number of benzene rings is 2. The summed E-state index contributed by atoms with van der Waals surface area (Å²) in [6.07, 6.45) is 4.93. The molecule has 0 fully saturated rings. The molecule has 0 heterocycles. The highest BCUT2D eigenvalue weighted by Gasteiger charge is 2.05. The van der Waals surface area contributed by atoms with Crippen molar-refractivity contribution in [2.45, 2.75) is 39.5 Å². The maximum absolute atomic E-state index is 11.5. The fourth-order valence-corrected chi connectivity index (χ4v) is 2.35. The van der Waals surface area contributed by atoms with Crippen LogP contribution in [0.15, 0.2) is 60.7 Å². The van der Waals surface area contributed by atoms with Crippen LogP contribution >= 0.6 is 0 Å².